The van der Waals surface area contributed by atoms with Crippen molar-refractivity contribution >= 4 is 17.6 Å². The van der Waals surface area contributed by atoms with Crippen LogP contribution in [0.2, 0.25) is 0 Å². The molecular formula is C26H30F2N4OS. The molecule has 34 heavy (non-hydrogen) atoms. The highest BCUT2D eigenvalue weighted by Gasteiger charge is 2.30. The van der Waals surface area contributed by atoms with Crippen molar-refractivity contribution in [2.45, 2.75) is 63.3 Å². The molecule has 1 aromatic heterocycles. The zero-order valence-electron chi connectivity index (χ0n) is 19.4. The van der Waals surface area contributed by atoms with Crippen molar-refractivity contribution in [3.8, 4) is 11.5 Å². The topological polar surface area (TPSA) is 45.4 Å². The number of anilines is 1. The van der Waals surface area contributed by atoms with Gasteiger partial charge in [-0.05, 0) is 93.0 Å². The van der Waals surface area contributed by atoms with E-state index in [0.717, 1.165) is 18.2 Å². The highest BCUT2D eigenvalue weighted by molar-refractivity contribution is 8.01. The molecule has 180 valence electrons. The number of hydrogen-bond donors (Lipinski definition) is 0. The number of benzene rings is 2. The summed E-state index contributed by atoms with van der Waals surface area (Å²) < 4.78 is 33.0. The number of alkyl halides is 2. The SMILES string of the molecule is Cc1cccc(N(Cc2ccc(-c3nnc(C(F)F)o3)cc2)SC2CCN(C3CCC3)CC2)c1. The molecule has 0 bridgehead atoms. The second-order valence-electron chi connectivity index (χ2n) is 9.24. The van der Waals surface area contributed by atoms with Crippen LogP contribution in [0, 0.1) is 6.92 Å². The Balaban J connectivity index is 1.27. The zero-order valence-corrected chi connectivity index (χ0v) is 20.2. The molecule has 2 aliphatic rings. The first-order chi connectivity index (χ1) is 16.5. The fourth-order valence-electron chi connectivity index (χ4n) is 4.61. The van der Waals surface area contributed by atoms with Crippen LogP contribution in [-0.2, 0) is 6.54 Å². The number of nitrogens with zero attached hydrogens (tertiary/aromatic N) is 4. The van der Waals surface area contributed by atoms with E-state index < -0.39 is 12.3 Å². The van der Waals surface area contributed by atoms with Gasteiger partial charge in [0.25, 0.3) is 5.89 Å². The van der Waals surface area contributed by atoms with E-state index in [9.17, 15) is 8.78 Å². The van der Waals surface area contributed by atoms with Crippen molar-refractivity contribution in [1.29, 1.82) is 0 Å². The third-order valence-corrected chi connectivity index (χ3v) is 8.15. The van der Waals surface area contributed by atoms with Crippen LogP contribution in [0.25, 0.3) is 11.5 Å². The third-order valence-electron chi connectivity index (χ3n) is 6.79. The number of likely N-dealkylation sites (tertiary alicyclic amines) is 1. The molecule has 5 nitrogen and oxygen atoms in total. The molecule has 3 aromatic rings. The van der Waals surface area contributed by atoms with Crippen LogP contribution in [0.1, 0.15) is 55.5 Å². The molecular weight excluding hydrogens is 454 g/mol. The Morgan fingerprint density at radius 2 is 1.82 bits per heavy atom. The van der Waals surface area contributed by atoms with E-state index in [1.165, 1.54) is 56.4 Å². The molecule has 0 atom stereocenters. The van der Waals surface area contributed by atoms with Gasteiger partial charge in [-0.3, -0.25) is 0 Å². The molecule has 1 aliphatic heterocycles. The normalized spacial score (nSPS) is 17.8. The molecule has 1 saturated heterocycles. The lowest BCUT2D eigenvalue weighted by atomic mass is 9.90. The summed E-state index contributed by atoms with van der Waals surface area (Å²) in [5.41, 5.74) is 4.22. The van der Waals surface area contributed by atoms with Crippen LogP contribution >= 0.6 is 11.9 Å². The fraction of sp³-hybridized carbons (Fsp3) is 0.462. The number of halogens is 2. The first-order valence-corrected chi connectivity index (χ1v) is 12.8. The number of hydrogen-bond acceptors (Lipinski definition) is 6. The average molecular weight is 485 g/mol. The van der Waals surface area contributed by atoms with E-state index in [0.29, 0.717) is 10.8 Å². The largest absolute Gasteiger partial charge is 0.415 e. The van der Waals surface area contributed by atoms with Crippen LogP contribution in [0.4, 0.5) is 14.5 Å². The lowest BCUT2D eigenvalue weighted by Crippen LogP contribution is -2.45. The highest BCUT2D eigenvalue weighted by atomic mass is 32.2. The second-order valence-corrected chi connectivity index (χ2v) is 10.6. The summed E-state index contributed by atoms with van der Waals surface area (Å²) in [4.78, 5) is 2.69. The van der Waals surface area contributed by atoms with Crippen molar-refractivity contribution < 1.29 is 13.2 Å². The Kier molecular flexibility index (Phi) is 7.15. The summed E-state index contributed by atoms with van der Waals surface area (Å²) in [5, 5.41) is 7.77. The maximum Gasteiger partial charge on any atom is 0.314 e. The summed E-state index contributed by atoms with van der Waals surface area (Å²) in [7, 11) is 0. The van der Waals surface area contributed by atoms with Crippen molar-refractivity contribution in [2.75, 3.05) is 17.4 Å². The highest BCUT2D eigenvalue weighted by Crippen LogP contribution is 2.35. The number of aryl methyl sites for hydroxylation is 1. The van der Waals surface area contributed by atoms with E-state index in [2.05, 4.69) is 50.6 Å². The van der Waals surface area contributed by atoms with E-state index in [-0.39, 0.29) is 5.89 Å². The zero-order chi connectivity index (χ0) is 23.5. The quantitative estimate of drug-likeness (QED) is 0.333. The van der Waals surface area contributed by atoms with Crippen molar-refractivity contribution in [3.63, 3.8) is 0 Å². The van der Waals surface area contributed by atoms with Crippen LogP contribution in [-0.4, -0.2) is 39.5 Å². The van der Waals surface area contributed by atoms with Gasteiger partial charge in [-0.1, -0.05) is 30.7 Å². The summed E-state index contributed by atoms with van der Waals surface area (Å²) in [6, 6.07) is 17.2. The van der Waals surface area contributed by atoms with Crippen molar-refractivity contribution in [3.05, 3.63) is 65.5 Å². The van der Waals surface area contributed by atoms with Gasteiger partial charge in [-0.25, -0.2) is 0 Å². The Morgan fingerprint density at radius 1 is 1.06 bits per heavy atom. The number of rotatable bonds is 8. The van der Waals surface area contributed by atoms with E-state index >= 15 is 0 Å². The van der Waals surface area contributed by atoms with Gasteiger partial charge in [0.05, 0.1) is 6.54 Å². The Labute approximate surface area is 203 Å². The minimum absolute atomic E-state index is 0.116. The standard InChI is InChI=1S/C26H30F2N4OS/c1-18-4-2-7-22(16-18)32(34-23-12-14-31(15-13-23)21-5-3-6-21)17-19-8-10-20(11-9-19)25-29-30-26(33-25)24(27)28/h2,4,7-11,16,21,23-24H,3,5-6,12-15,17H2,1H3. The maximum absolute atomic E-state index is 12.8. The second kappa shape index (κ2) is 10.4. The Morgan fingerprint density at radius 3 is 2.44 bits per heavy atom. The van der Waals surface area contributed by atoms with E-state index in [1.807, 2.05) is 36.2 Å². The molecule has 1 aliphatic carbocycles. The molecule has 5 rings (SSSR count). The Hall–Kier alpha value is -2.45. The molecule has 1 saturated carbocycles. The lowest BCUT2D eigenvalue weighted by Gasteiger charge is -2.42. The van der Waals surface area contributed by atoms with Crippen molar-refractivity contribution in [1.82, 2.24) is 15.1 Å². The monoisotopic (exact) mass is 484 g/mol. The first kappa shape index (κ1) is 23.3. The first-order valence-electron chi connectivity index (χ1n) is 12.0. The summed E-state index contributed by atoms with van der Waals surface area (Å²) in [6.45, 7) is 5.27. The van der Waals surface area contributed by atoms with Gasteiger partial charge in [0.15, 0.2) is 0 Å². The summed E-state index contributed by atoms with van der Waals surface area (Å²) >= 11 is 1.95. The minimum atomic E-state index is -2.76. The van der Waals surface area contributed by atoms with Gasteiger partial charge >= 0.3 is 6.43 Å². The minimum Gasteiger partial charge on any atom is -0.415 e. The van der Waals surface area contributed by atoms with Gasteiger partial charge in [0.1, 0.15) is 0 Å². The van der Waals surface area contributed by atoms with E-state index in [4.69, 9.17) is 4.42 Å². The van der Waals surface area contributed by atoms with Gasteiger partial charge in [-0.15, -0.1) is 10.2 Å². The molecule has 0 spiro atoms. The number of aromatic nitrogens is 2. The number of piperidine rings is 1. The molecule has 0 radical (unpaired) electrons. The van der Waals surface area contributed by atoms with Gasteiger partial charge < -0.3 is 13.6 Å². The maximum atomic E-state index is 12.8. The molecule has 2 heterocycles. The summed E-state index contributed by atoms with van der Waals surface area (Å²) in [6.07, 6.45) is 3.80. The van der Waals surface area contributed by atoms with E-state index in [1.54, 1.807) is 0 Å². The van der Waals surface area contributed by atoms with Gasteiger partial charge in [0, 0.05) is 22.5 Å². The molecule has 8 heteroatoms. The van der Waals surface area contributed by atoms with Crippen LogP contribution in [0.3, 0.4) is 0 Å². The van der Waals surface area contributed by atoms with Crippen LogP contribution < -0.4 is 4.31 Å². The molecule has 2 fully saturated rings. The van der Waals surface area contributed by atoms with Crippen LogP contribution in [0.15, 0.2) is 52.9 Å². The smallest absolute Gasteiger partial charge is 0.314 e. The van der Waals surface area contributed by atoms with Crippen LogP contribution in [0.5, 0.6) is 0 Å². The predicted octanol–water partition coefficient (Wildman–Crippen LogP) is 6.65. The van der Waals surface area contributed by atoms with Gasteiger partial charge in [0.2, 0.25) is 5.89 Å². The summed E-state index contributed by atoms with van der Waals surface area (Å²) in [5.74, 6) is -0.533. The van der Waals surface area contributed by atoms with Crippen molar-refractivity contribution in [2.24, 2.45) is 0 Å². The molecule has 0 N–H and O–H groups in total. The molecule has 0 amide bonds. The van der Waals surface area contributed by atoms with Gasteiger partial charge in [-0.2, -0.15) is 8.78 Å². The fourth-order valence-corrected chi connectivity index (χ4v) is 5.85. The lowest BCUT2D eigenvalue weighted by molar-refractivity contribution is 0.107. The Bertz CT molecular complexity index is 1080. The molecule has 0 unspecified atom stereocenters. The average Bonchev–Trinajstić information content (AvgIpc) is 3.30. The predicted molar refractivity (Wildman–Crippen MR) is 132 cm³/mol. The molecule has 2 aromatic carbocycles. The third kappa shape index (κ3) is 5.44.